The Labute approximate surface area is 168 Å². The van der Waals surface area contributed by atoms with Gasteiger partial charge in [-0.2, -0.15) is 0 Å². The summed E-state index contributed by atoms with van der Waals surface area (Å²) in [5.41, 5.74) is 0. The van der Waals surface area contributed by atoms with Crippen LogP contribution in [-0.2, 0) is 4.79 Å². The molecule has 1 aliphatic rings. The first-order valence-electron chi connectivity index (χ1n) is 8.25. The van der Waals surface area contributed by atoms with E-state index in [-0.39, 0.29) is 18.4 Å². The lowest BCUT2D eigenvalue weighted by molar-refractivity contribution is -0.142. The lowest BCUT2D eigenvalue weighted by atomic mass is 10.2. The van der Waals surface area contributed by atoms with Crippen molar-refractivity contribution >= 4 is 41.7 Å². The molecular formula is C19H21Cl2NO3S. The minimum atomic E-state index is -0.749. The van der Waals surface area contributed by atoms with Gasteiger partial charge in [-0.25, -0.2) is 0 Å². The molecule has 0 spiro atoms. The molecule has 0 radical (unpaired) electrons. The molecule has 1 N–H and O–H groups in total. The molecule has 0 aliphatic carbocycles. The number of hydrogen-bond acceptors (Lipinski definition) is 4. The zero-order chi connectivity index (χ0) is 17.6. The zero-order valence-electron chi connectivity index (χ0n) is 14.1. The summed E-state index contributed by atoms with van der Waals surface area (Å²) in [6.45, 7) is 1.84. The van der Waals surface area contributed by atoms with Crippen molar-refractivity contribution in [2.75, 3.05) is 19.7 Å². The Morgan fingerprint density at radius 1 is 1.27 bits per heavy atom. The molecule has 0 bridgehead atoms. The molecule has 1 fully saturated rings. The normalized spacial score (nSPS) is 16.9. The van der Waals surface area contributed by atoms with Gasteiger partial charge in [0.2, 0.25) is 0 Å². The van der Waals surface area contributed by atoms with Crippen LogP contribution in [0.5, 0.6) is 5.75 Å². The maximum absolute atomic E-state index is 11.2. The molecule has 26 heavy (non-hydrogen) atoms. The fourth-order valence-corrected chi connectivity index (χ4v) is 4.00. The highest BCUT2D eigenvalue weighted by atomic mass is 35.5. The molecule has 2 aromatic rings. The molecule has 1 unspecified atom stereocenters. The SMILES string of the molecule is Cl.O=C(O)C1CCCN1CCOc1cc(Cl)ccc1Sc1ccccc1. The summed E-state index contributed by atoms with van der Waals surface area (Å²) in [5, 5.41) is 9.86. The van der Waals surface area contributed by atoms with Gasteiger partial charge in [0.15, 0.2) is 0 Å². The molecule has 0 amide bonds. The number of carboxylic acids is 1. The standard InChI is InChI=1S/C19H20ClNO3S.ClH/c20-14-8-9-18(25-15-5-2-1-3-6-15)17(13-14)24-12-11-21-10-4-7-16(21)19(22)23;/h1-3,5-6,8-9,13,16H,4,7,10-12H2,(H,22,23);1H. The van der Waals surface area contributed by atoms with Gasteiger partial charge in [-0.05, 0) is 49.7 Å². The number of rotatable bonds is 7. The maximum atomic E-state index is 11.2. The van der Waals surface area contributed by atoms with E-state index in [9.17, 15) is 9.90 Å². The number of carbonyl (C=O) groups is 1. The predicted octanol–water partition coefficient (Wildman–Crippen LogP) is 4.84. The predicted molar refractivity (Wildman–Crippen MR) is 107 cm³/mol. The molecule has 2 aromatic carbocycles. The van der Waals surface area contributed by atoms with Crippen LogP contribution in [0.3, 0.4) is 0 Å². The van der Waals surface area contributed by atoms with Crippen LogP contribution in [0.25, 0.3) is 0 Å². The molecule has 1 heterocycles. The number of likely N-dealkylation sites (tertiary alicyclic amines) is 1. The fourth-order valence-electron chi connectivity index (χ4n) is 2.94. The van der Waals surface area contributed by atoms with Gasteiger partial charge in [0, 0.05) is 16.5 Å². The summed E-state index contributed by atoms with van der Waals surface area (Å²) in [5.74, 6) is -0.0204. The van der Waals surface area contributed by atoms with Gasteiger partial charge in [-0.15, -0.1) is 12.4 Å². The summed E-state index contributed by atoms with van der Waals surface area (Å²) in [6, 6.07) is 15.3. The Kier molecular flexibility index (Phi) is 8.10. The van der Waals surface area contributed by atoms with E-state index in [1.165, 1.54) is 0 Å². The third kappa shape index (κ3) is 5.55. The highest BCUT2D eigenvalue weighted by Gasteiger charge is 2.29. The summed E-state index contributed by atoms with van der Waals surface area (Å²) < 4.78 is 5.94. The average Bonchev–Trinajstić information content (AvgIpc) is 3.07. The zero-order valence-corrected chi connectivity index (χ0v) is 16.5. The highest BCUT2D eigenvalue weighted by molar-refractivity contribution is 7.99. The largest absolute Gasteiger partial charge is 0.491 e. The summed E-state index contributed by atoms with van der Waals surface area (Å²) >= 11 is 7.73. The summed E-state index contributed by atoms with van der Waals surface area (Å²) in [6.07, 6.45) is 1.63. The van der Waals surface area contributed by atoms with E-state index in [1.807, 2.05) is 53.4 Å². The van der Waals surface area contributed by atoms with Crippen molar-refractivity contribution in [1.29, 1.82) is 0 Å². The Hall–Kier alpha value is -1.40. The third-order valence-corrected chi connectivity index (χ3v) is 5.46. The minimum Gasteiger partial charge on any atom is -0.491 e. The molecule has 4 nitrogen and oxygen atoms in total. The van der Waals surface area contributed by atoms with Crippen molar-refractivity contribution in [3.63, 3.8) is 0 Å². The van der Waals surface area contributed by atoms with Crippen molar-refractivity contribution in [3.05, 3.63) is 53.6 Å². The molecular weight excluding hydrogens is 393 g/mol. The monoisotopic (exact) mass is 413 g/mol. The van der Waals surface area contributed by atoms with Gasteiger partial charge in [-0.3, -0.25) is 9.69 Å². The molecule has 1 aliphatic heterocycles. The van der Waals surface area contributed by atoms with Gasteiger partial charge in [0.25, 0.3) is 0 Å². The van der Waals surface area contributed by atoms with Crippen molar-refractivity contribution in [2.24, 2.45) is 0 Å². The second kappa shape index (κ2) is 10.1. The van der Waals surface area contributed by atoms with Gasteiger partial charge < -0.3 is 9.84 Å². The van der Waals surface area contributed by atoms with Crippen LogP contribution in [0.4, 0.5) is 0 Å². The van der Waals surface area contributed by atoms with Crippen molar-refractivity contribution in [2.45, 2.75) is 28.7 Å². The van der Waals surface area contributed by atoms with E-state index < -0.39 is 5.97 Å². The van der Waals surface area contributed by atoms with E-state index in [4.69, 9.17) is 16.3 Å². The Balaban J connectivity index is 0.00000243. The highest BCUT2D eigenvalue weighted by Crippen LogP contribution is 2.36. The Morgan fingerprint density at radius 2 is 2.04 bits per heavy atom. The first kappa shape index (κ1) is 20.9. The molecule has 1 saturated heterocycles. The number of carboxylic acid groups (broad SMARTS) is 1. The Morgan fingerprint density at radius 3 is 2.77 bits per heavy atom. The first-order valence-corrected chi connectivity index (χ1v) is 9.45. The van der Waals surface area contributed by atoms with Crippen LogP contribution in [0.1, 0.15) is 12.8 Å². The van der Waals surface area contributed by atoms with Crippen molar-refractivity contribution in [3.8, 4) is 5.75 Å². The molecule has 7 heteroatoms. The van der Waals surface area contributed by atoms with Gasteiger partial charge in [0.1, 0.15) is 18.4 Å². The van der Waals surface area contributed by atoms with Crippen LogP contribution in [0, 0.1) is 0 Å². The van der Waals surface area contributed by atoms with Crippen LogP contribution >= 0.6 is 35.8 Å². The number of ether oxygens (including phenoxy) is 1. The van der Waals surface area contributed by atoms with Gasteiger partial charge in [-0.1, -0.05) is 41.6 Å². The van der Waals surface area contributed by atoms with Crippen LogP contribution in [-0.4, -0.2) is 41.7 Å². The van der Waals surface area contributed by atoms with Crippen molar-refractivity contribution in [1.82, 2.24) is 4.90 Å². The first-order chi connectivity index (χ1) is 12.1. The molecule has 3 rings (SSSR count). The second-order valence-corrected chi connectivity index (χ2v) is 7.44. The molecule has 0 aromatic heterocycles. The van der Waals surface area contributed by atoms with Crippen LogP contribution < -0.4 is 4.74 Å². The number of hydrogen-bond donors (Lipinski definition) is 1. The molecule has 140 valence electrons. The van der Waals surface area contributed by atoms with Crippen LogP contribution in [0.2, 0.25) is 5.02 Å². The molecule has 0 saturated carbocycles. The lowest BCUT2D eigenvalue weighted by Crippen LogP contribution is -2.38. The second-order valence-electron chi connectivity index (χ2n) is 5.89. The van der Waals surface area contributed by atoms with E-state index in [1.54, 1.807) is 11.8 Å². The number of benzene rings is 2. The smallest absolute Gasteiger partial charge is 0.320 e. The maximum Gasteiger partial charge on any atom is 0.320 e. The fraction of sp³-hybridized carbons (Fsp3) is 0.316. The lowest BCUT2D eigenvalue weighted by Gasteiger charge is -2.21. The Bertz CT molecular complexity index is 730. The van der Waals surface area contributed by atoms with E-state index >= 15 is 0 Å². The summed E-state index contributed by atoms with van der Waals surface area (Å²) in [7, 11) is 0. The topological polar surface area (TPSA) is 49.8 Å². The summed E-state index contributed by atoms with van der Waals surface area (Å²) in [4.78, 5) is 15.3. The van der Waals surface area contributed by atoms with E-state index in [0.717, 1.165) is 28.5 Å². The number of nitrogens with zero attached hydrogens (tertiary/aromatic N) is 1. The van der Waals surface area contributed by atoms with Crippen LogP contribution in [0.15, 0.2) is 58.3 Å². The van der Waals surface area contributed by atoms with Crippen molar-refractivity contribution < 1.29 is 14.6 Å². The number of halogens is 2. The third-order valence-electron chi connectivity index (χ3n) is 4.16. The van der Waals surface area contributed by atoms with Gasteiger partial charge in [0.05, 0.1) is 4.90 Å². The number of aliphatic carboxylic acids is 1. The van der Waals surface area contributed by atoms with Gasteiger partial charge >= 0.3 is 5.97 Å². The van der Waals surface area contributed by atoms with E-state index in [0.29, 0.717) is 24.6 Å². The van der Waals surface area contributed by atoms with E-state index in [2.05, 4.69) is 0 Å². The molecule has 1 atom stereocenters. The quantitative estimate of drug-likeness (QED) is 0.703. The average molecular weight is 414 g/mol. The minimum absolute atomic E-state index is 0.